The van der Waals surface area contributed by atoms with Crippen molar-refractivity contribution in [2.45, 2.75) is 58.7 Å². The van der Waals surface area contributed by atoms with Gasteiger partial charge in [0.05, 0.1) is 0 Å². The fourth-order valence-electron chi connectivity index (χ4n) is 3.21. The van der Waals surface area contributed by atoms with E-state index in [0.717, 1.165) is 32.0 Å². The summed E-state index contributed by atoms with van der Waals surface area (Å²) in [6.07, 6.45) is 6.40. The summed E-state index contributed by atoms with van der Waals surface area (Å²) in [5.74, 6) is 1.11. The van der Waals surface area contributed by atoms with Gasteiger partial charge in [0, 0.05) is 50.2 Å². The third-order valence-corrected chi connectivity index (χ3v) is 4.80. The number of aryl methyl sites for hydroxylation is 1. The molecule has 0 amide bonds. The maximum atomic E-state index is 4.30. The number of aromatic nitrogens is 2. The SMILES string of the molecule is CCC1(CC)CNC(C)CN1CCn1ccnc1C. The van der Waals surface area contributed by atoms with Gasteiger partial charge in [-0.1, -0.05) is 13.8 Å². The monoisotopic (exact) mass is 264 g/mol. The average Bonchev–Trinajstić information content (AvgIpc) is 2.83. The van der Waals surface area contributed by atoms with Crippen LogP contribution < -0.4 is 5.32 Å². The third kappa shape index (κ3) is 3.00. The van der Waals surface area contributed by atoms with E-state index in [1.165, 1.54) is 12.8 Å². The van der Waals surface area contributed by atoms with E-state index in [9.17, 15) is 0 Å². The van der Waals surface area contributed by atoms with Crippen molar-refractivity contribution in [3.05, 3.63) is 18.2 Å². The van der Waals surface area contributed by atoms with Crippen LogP contribution in [0.15, 0.2) is 12.4 Å². The van der Waals surface area contributed by atoms with Crippen LogP contribution in [0, 0.1) is 6.92 Å². The maximum Gasteiger partial charge on any atom is 0.105 e. The second-order valence-corrected chi connectivity index (χ2v) is 5.83. The van der Waals surface area contributed by atoms with E-state index < -0.39 is 0 Å². The van der Waals surface area contributed by atoms with Gasteiger partial charge in [0.15, 0.2) is 0 Å². The van der Waals surface area contributed by atoms with Gasteiger partial charge in [0.25, 0.3) is 0 Å². The molecule has 1 aromatic rings. The zero-order valence-corrected chi connectivity index (χ0v) is 12.8. The second-order valence-electron chi connectivity index (χ2n) is 5.83. The molecule has 19 heavy (non-hydrogen) atoms. The first-order valence-corrected chi connectivity index (χ1v) is 7.57. The number of piperazine rings is 1. The van der Waals surface area contributed by atoms with Crippen molar-refractivity contribution in [3.63, 3.8) is 0 Å². The Balaban J connectivity index is 2.04. The Kier molecular flexibility index (Phi) is 4.63. The lowest BCUT2D eigenvalue weighted by Gasteiger charge is -2.49. The molecule has 1 aromatic heterocycles. The molecule has 0 aromatic carbocycles. The highest BCUT2D eigenvalue weighted by molar-refractivity contribution is 4.97. The largest absolute Gasteiger partial charge is 0.334 e. The number of rotatable bonds is 5. The Morgan fingerprint density at radius 1 is 1.37 bits per heavy atom. The fraction of sp³-hybridized carbons (Fsp3) is 0.800. The van der Waals surface area contributed by atoms with Gasteiger partial charge >= 0.3 is 0 Å². The lowest BCUT2D eigenvalue weighted by atomic mass is 9.87. The quantitative estimate of drug-likeness (QED) is 0.883. The number of hydrogen-bond donors (Lipinski definition) is 1. The summed E-state index contributed by atoms with van der Waals surface area (Å²) in [7, 11) is 0. The number of imidazole rings is 1. The summed E-state index contributed by atoms with van der Waals surface area (Å²) in [4.78, 5) is 6.99. The smallest absolute Gasteiger partial charge is 0.105 e. The predicted molar refractivity (Wildman–Crippen MR) is 79.3 cm³/mol. The number of nitrogens with zero attached hydrogens (tertiary/aromatic N) is 3. The summed E-state index contributed by atoms with van der Waals surface area (Å²) in [5, 5.41) is 3.65. The van der Waals surface area contributed by atoms with E-state index in [1.807, 2.05) is 6.20 Å². The molecule has 2 rings (SSSR count). The van der Waals surface area contributed by atoms with Gasteiger partial charge in [-0.25, -0.2) is 4.98 Å². The van der Waals surface area contributed by atoms with E-state index in [4.69, 9.17) is 0 Å². The van der Waals surface area contributed by atoms with Crippen LogP contribution in [0.25, 0.3) is 0 Å². The van der Waals surface area contributed by atoms with Crippen LogP contribution in [0.5, 0.6) is 0 Å². The Morgan fingerprint density at radius 2 is 2.11 bits per heavy atom. The zero-order chi connectivity index (χ0) is 13.9. The summed E-state index contributed by atoms with van der Waals surface area (Å²) < 4.78 is 2.25. The first-order chi connectivity index (χ1) is 9.11. The molecule has 0 bridgehead atoms. The Bertz CT molecular complexity index is 395. The van der Waals surface area contributed by atoms with Crippen molar-refractivity contribution in [1.82, 2.24) is 19.8 Å². The van der Waals surface area contributed by atoms with Crippen LogP contribution in [0.1, 0.15) is 39.4 Å². The Labute approximate surface area is 117 Å². The third-order valence-electron chi connectivity index (χ3n) is 4.80. The molecule has 1 unspecified atom stereocenters. The lowest BCUT2D eigenvalue weighted by Crippen LogP contribution is -2.64. The highest BCUT2D eigenvalue weighted by Crippen LogP contribution is 2.26. The van der Waals surface area contributed by atoms with Crippen LogP contribution in [-0.4, -0.2) is 45.7 Å². The summed E-state index contributed by atoms with van der Waals surface area (Å²) >= 11 is 0. The van der Waals surface area contributed by atoms with Crippen molar-refractivity contribution in [2.24, 2.45) is 0 Å². The van der Waals surface area contributed by atoms with Crippen molar-refractivity contribution in [1.29, 1.82) is 0 Å². The summed E-state index contributed by atoms with van der Waals surface area (Å²) in [6, 6.07) is 0.593. The van der Waals surface area contributed by atoms with Crippen LogP contribution in [-0.2, 0) is 6.54 Å². The van der Waals surface area contributed by atoms with Gasteiger partial charge in [-0.05, 0) is 26.7 Å². The summed E-state index contributed by atoms with van der Waals surface area (Å²) in [6.45, 7) is 13.4. The second kappa shape index (κ2) is 6.06. The van der Waals surface area contributed by atoms with Crippen molar-refractivity contribution in [3.8, 4) is 0 Å². The van der Waals surface area contributed by atoms with Gasteiger partial charge in [-0.15, -0.1) is 0 Å². The minimum absolute atomic E-state index is 0.334. The van der Waals surface area contributed by atoms with E-state index >= 15 is 0 Å². The highest BCUT2D eigenvalue weighted by Gasteiger charge is 2.37. The molecule has 1 N–H and O–H groups in total. The molecule has 1 fully saturated rings. The standard InChI is InChI=1S/C15H28N4/c1-5-15(6-2)12-17-13(3)11-19(15)10-9-18-8-7-16-14(18)4/h7-8,13,17H,5-6,9-12H2,1-4H3. The lowest BCUT2D eigenvalue weighted by molar-refractivity contribution is 0.0320. The number of nitrogens with one attached hydrogen (secondary N) is 1. The highest BCUT2D eigenvalue weighted by atomic mass is 15.3. The molecule has 1 aliphatic heterocycles. The average molecular weight is 264 g/mol. The normalized spacial score (nSPS) is 23.7. The molecule has 4 heteroatoms. The van der Waals surface area contributed by atoms with E-state index in [-0.39, 0.29) is 0 Å². The van der Waals surface area contributed by atoms with Crippen molar-refractivity contribution in [2.75, 3.05) is 19.6 Å². The fourth-order valence-corrected chi connectivity index (χ4v) is 3.21. The molecular formula is C15H28N4. The van der Waals surface area contributed by atoms with Crippen LogP contribution >= 0.6 is 0 Å². The Morgan fingerprint density at radius 3 is 2.68 bits per heavy atom. The molecule has 4 nitrogen and oxygen atoms in total. The minimum Gasteiger partial charge on any atom is -0.334 e. The topological polar surface area (TPSA) is 33.1 Å². The van der Waals surface area contributed by atoms with E-state index in [1.54, 1.807) is 0 Å². The van der Waals surface area contributed by atoms with E-state index in [2.05, 4.69) is 53.7 Å². The first kappa shape index (κ1) is 14.5. The molecule has 0 aliphatic carbocycles. The van der Waals surface area contributed by atoms with Crippen LogP contribution in [0.3, 0.4) is 0 Å². The molecule has 108 valence electrons. The summed E-state index contributed by atoms with van der Waals surface area (Å²) in [5.41, 5.74) is 0.334. The maximum absolute atomic E-state index is 4.30. The Hall–Kier alpha value is -0.870. The van der Waals surface area contributed by atoms with Gasteiger partial charge in [-0.3, -0.25) is 4.90 Å². The van der Waals surface area contributed by atoms with Gasteiger partial charge < -0.3 is 9.88 Å². The molecular weight excluding hydrogens is 236 g/mol. The molecule has 0 spiro atoms. The van der Waals surface area contributed by atoms with Gasteiger partial charge in [-0.2, -0.15) is 0 Å². The molecule has 1 atom stereocenters. The first-order valence-electron chi connectivity index (χ1n) is 7.57. The molecule has 0 radical (unpaired) electrons. The molecule has 1 saturated heterocycles. The van der Waals surface area contributed by atoms with Crippen LogP contribution in [0.2, 0.25) is 0 Å². The minimum atomic E-state index is 0.334. The molecule has 2 heterocycles. The molecule has 0 saturated carbocycles. The van der Waals surface area contributed by atoms with Crippen LogP contribution in [0.4, 0.5) is 0 Å². The van der Waals surface area contributed by atoms with Crippen molar-refractivity contribution < 1.29 is 0 Å². The predicted octanol–water partition coefficient (Wildman–Crippen LogP) is 2.04. The number of hydrogen-bond acceptors (Lipinski definition) is 3. The van der Waals surface area contributed by atoms with Crippen molar-refractivity contribution >= 4 is 0 Å². The van der Waals surface area contributed by atoms with E-state index in [0.29, 0.717) is 11.6 Å². The molecule has 1 aliphatic rings. The zero-order valence-electron chi connectivity index (χ0n) is 12.8. The van der Waals surface area contributed by atoms with Gasteiger partial charge in [0.1, 0.15) is 5.82 Å². The van der Waals surface area contributed by atoms with Gasteiger partial charge in [0.2, 0.25) is 0 Å².